The Morgan fingerprint density at radius 2 is 1.65 bits per heavy atom. The van der Waals surface area contributed by atoms with Gasteiger partial charge in [-0.05, 0) is 24.3 Å². The number of pyridine rings is 1. The Morgan fingerprint density at radius 1 is 1.05 bits per heavy atom. The third-order valence-electron chi connectivity index (χ3n) is 2.85. The van der Waals surface area contributed by atoms with Gasteiger partial charge in [0.1, 0.15) is 5.82 Å². The minimum absolute atomic E-state index is 0.147. The van der Waals surface area contributed by atoms with E-state index >= 15 is 0 Å². The Kier molecular flexibility index (Phi) is 3.57. The van der Waals surface area contributed by atoms with Crippen molar-refractivity contribution < 1.29 is 13.2 Å². The third kappa shape index (κ3) is 3.01. The van der Waals surface area contributed by atoms with Gasteiger partial charge in [0, 0.05) is 25.3 Å². The van der Waals surface area contributed by atoms with E-state index in [4.69, 9.17) is 5.73 Å². The van der Waals surface area contributed by atoms with Crippen molar-refractivity contribution in [1.82, 2.24) is 4.98 Å². The van der Waals surface area contributed by atoms with Crippen LogP contribution in [0.3, 0.4) is 0 Å². The largest absolute Gasteiger partial charge is 0.416 e. The third-order valence-corrected chi connectivity index (χ3v) is 2.85. The smallest absolute Gasteiger partial charge is 0.384 e. The van der Waals surface area contributed by atoms with Crippen molar-refractivity contribution in [3.05, 3.63) is 42.0 Å². The van der Waals surface area contributed by atoms with E-state index in [2.05, 4.69) is 4.98 Å². The van der Waals surface area contributed by atoms with Crippen molar-refractivity contribution >= 4 is 11.5 Å². The van der Waals surface area contributed by atoms with E-state index in [1.165, 1.54) is 0 Å². The molecular formula is C14H14F3N3. The zero-order chi connectivity index (χ0) is 14.9. The highest BCUT2D eigenvalue weighted by Gasteiger charge is 2.31. The van der Waals surface area contributed by atoms with Crippen molar-refractivity contribution in [2.24, 2.45) is 0 Å². The highest BCUT2D eigenvalue weighted by Crippen LogP contribution is 2.33. The topological polar surface area (TPSA) is 42.1 Å². The molecule has 1 aromatic carbocycles. The monoisotopic (exact) mass is 281 g/mol. The number of halogens is 3. The number of nitrogen functional groups attached to an aromatic ring is 1. The van der Waals surface area contributed by atoms with Crippen LogP contribution in [0.1, 0.15) is 5.56 Å². The number of hydrogen-bond acceptors (Lipinski definition) is 3. The summed E-state index contributed by atoms with van der Waals surface area (Å²) in [5.74, 6) is -0.147. The van der Waals surface area contributed by atoms with Gasteiger partial charge in [0.15, 0.2) is 0 Å². The molecule has 0 fully saturated rings. The summed E-state index contributed by atoms with van der Waals surface area (Å²) in [7, 11) is 3.77. The lowest BCUT2D eigenvalue weighted by Gasteiger charge is -2.13. The highest BCUT2D eigenvalue weighted by atomic mass is 19.4. The summed E-state index contributed by atoms with van der Waals surface area (Å²) in [6.07, 6.45) is -4.44. The van der Waals surface area contributed by atoms with Crippen LogP contribution in [0.15, 0.2) is 36.4 Å². The number of aromatic nitrogens is 1. The molecule has 0 aliphatic heterocycles. The Morgan fingerprint density at radius 3 is 2.15 bits per heavy atom. The van der Waals surface area contributed by atoms with Gasteiger partial charge >= 0.3 is 6.18 Å². The molecule has 6 heteroatoms. The molecule has 0 saturated carbocycles. The van der Waals surface area contributed by atoms with E-state index in [9.17, 15) is 13.2 Å². The van der Waals surface area contributed by atoms with Gasteiger partial charge in [0.05, 0.1) is 11.3 Å². The van der Waals surface area contributed by atoms with Crippen LogP contribution in [0.2, 0.25) is 0 Å². The average Bonchev–Trinajstić information content (AvgIpc) is 2.37. The number of nitrogens with two attached hydrogens (primary N) is 1. The molecule has 0 spiro atoms. The number of benzene rings is 1. The maximum absolute atomic E-state index is 12.7. The van der Waals surface area contributed by atoms with E-state index < -0.39 is 11.7 Å². The molecule has 2 aromatic rings. The van der Waals surface area contributed by atoms with Crippen molar-refractivity contribution in [1.29, 1.82) is 0 Å². The van der Waals surface area contributed by atoms with Crippen LogP contribution in [0.5, 0.6) is 0 Å². The van der Waals surface area contributed by atoms with Gasteiger partial charge in [-0.2, -0.15) is 13.2 Å². The van der Waals surface area contributed by atoms with Crippen LogP contribution in [0, 0.1) is 0 Å². The Hall–Kier alpha value is -2.24. The van der Waals surface area contributed by atoms with E-state index in [0.29, 0.717) is 5.56 Å². The lowest BCUT2D eigenvalue weighted by molar-refractivity contribution is -0.137. The molecule has 0 aliphatic carbocycles. The van der Waals surface area contributed by atoms with Crippen molar-refractivity contribution in [2.45, 2.75) is 6.18 Å². The molecule has 1 heterocycles. The molecule has 2 rings (SSSR count). The Labute approximate surface area is 114 Å². The van der Waals surface area contributed by atoms with Gasteiger partial charge in [0.25, 0.3) is 0 Å². The fourth-order valence-electron chi connectivity index (χ4n) is 1.79. The summed E-state index contributed by atoms with van der Waals surface area (Å²) in [6.45, 7) is 0. The first-order valence-electron chi connectivity index (χ1n) is 5.90. The van der Waals surface area contributed by atoms with Gasteiger partial charge < -0.3 is 10.6 Å². The average molecular weight is 281 g/mol. The van der Waals surface area contributed by atoms with E-state index in [1.54, 1.807) is 12.1 Å². The van der Waals surface area contributed by atoms with Crippen LogP contribution < -0.4 is 10.6 Å². The predicted octanol–water partition coefficient (Wildman–Crippen LogP) is 3.42. The summed E-state index contributed by atoms with van der Waals surface area (Å²) >= 11 is 0. The Balaban J connectivity index is 2.44. The number of nitrogens with zero attached hydrogens (tertiary/aromatic N) is 2. The van der Waals surface area contributed by atoms with Gasteiger partial charge in [0.2, 0.25) is 0 Å². The van der Waals surface area contributed by atoms with E-state index in [1.807, 2.05) is 31.1 Å². The SMILES string of the molecule is CN(C)c1ccc(-c2cc(C(F)(F)F)cc(N)n2)cc1. The minimum Gasteiger partial charge on any atom is -0.384 e. The molecule has 0 radical (unpaired) electrons. The molecule has 0 bridgehead atoms. The summed E-state index contributed by atoms with van der Waals surface area (Å²) in [5.41, 5.74) is 6.41. The molecule has 2 N–H and O–H groups in total. The fourth-order valence-corrected chi connectivity index (χ4v) is 1.79. The molecule has 0 aliphatic rings. The lowest BCUT2D eigenvalue weighted by Crippen LogP contribution is -2.08. The second-order valence-corrected chi connectivity index (χ2v) is 4.60. The molecular weight excluding hydrogens is 267 g/mol. The van der Waals surface area contributed by atoms with Crippen LogP contribution in [0.25, 0.3) is 11.3 Å². The van der Waals surface area contributed by atoms with Gasteiger partial charge in [-0.1, -0.05) is 12.1 Å². The van der Waals surface area contributed by atoms with Gasteiger partial charge in [-0.25, -0.2) is 4.98 Å². The van der Waals surface area contributed by atoms with Crippen LogP contribution in [-0.4, -0.2) is 19.1 Å². The number of anilines is 2. The summed E-state index contributed by atoms with van der Waals surface area (Å²) in [6, 6.07) is 8.90. The maximum atomic E-state index is 12.7. The first-order chi connectivity index (χ1) is 9.27. The summed E-state index contributed by atoms with van der Waals surface area (Å²) < 4.78 is 38.2. The van der Waals surface area contributed by atoms with Crippen molar-refractivity contribution in [3.63, 3.8) is 0 Å². The zero-order valence-electron chi connectivity index (χ0n) is 11.1. The molecule has 0 atom stereocenters. The number of rotatable bonds is 2. The molecule has 3 nitrogen and oxygen atoms in total. The maximum Gasteiger partial charge on any atom is 0.416 e. The van der Waals surface area contributed by atoms with E-state index in [0.717, 1.165) is 17.8 Å². The molecule has 20 heavy (non-hydrogen) atoms. The molecule has 106 valence electrons. The van der Waals surface area contributed by atoms with Crippen LogP contribution in [-0.2, 0) is 6.18 Å². The molecule has 1 aromatic heterocycles. The van der Waals surface area contributed by atoms with Crippen molar-refractivity contribution in [2.75, 3.05) is 24.7 Å². The van der Waals surface area contributed by atoms with Crippen molar-refractivity contribution in [3.8, 4) is 11.3 Å². The summed E-state index contributed by atoms with van der Waals surface area (Å²) in [5, 5.41) is 0. The first kappa shape index (κ1) is 14.2. The normalized spacial score (nSPS) is 11.4. The number of hydrogen-bond donors (Lipinski definition) is 1. The van der Waals surface area contributed by atoms with Crippen LogP contribution >= 0.6 is 0 Å². The summed E-state index contributed by atoms with van der Waals surface area (Å²) in [4.78, 5) is 5.86. The molecule has 0 amide bonds. The van der Waals surface area contributed by atoms with Crippen LogP contribution in [0.4, 0.5) is 24.7 Å². The highest BCUT2D eigenvalue weighted by molar-refractivity contribution is 5.65. The lowest BCUT2D eigenvalue weighted by atomic mass is 10.1. The number of alkyl halides is 3. The molecule has 0 saturated heterocycles. The van der Waals surface area contributed by atoms with E-state index in [-0.39, 0.29) is 11.5 Å². The fraction of sp³-hybridized carbons (Fsp3) is 0.214. The Bertz CT molecular complexity index is 604. The standard InChI is InChI=1S/C14H14F3N3/c1-20(2)11-5-3-9(4-6-11)12-7-10(14(15,16)17)8-13(18)19-12/h3-8H,1-2H3,(H2,18,19). The zero-order valence-corrected chi connectivity index (χ0v) is 11.1. The predicted molar refractivity (Wildman–Crippen MR) is 73.4 cm³/mol. The first-order valence-corrected chi connectivity index (χ1v) is 5.90. The van der Waals surface area contributed by atoms with Gasteiger partial charge in [-0.15, -0.1) is 0 Å². The quantitative estimate of drug-likeness (QED) is 0.917. The minimum atomic E-state index is -4.44. The molecule has 0 unspecified atom stereocenters. The second-order valence-electron chi connectivity index (χ2n) is 4.60. The second kappa shape index (κ2) is 5.03. The van der Waals surface area contributed by atoms with Gasteiger partial charge in [-0.3, -0.25) is 0 Å².